The van der Waals surface area contributed by atoms with Gasteiger partial charge in [-0.25, -0.2) is 9.18 Å². The number of nitrogens with one attached hydrogen (secondary N) is 2. The average Bonchev–Trinajstić information content (AvgIpc) is 3.06. The Hall–Kier alpha value is -3.09. The Morgan fingerprint density at radius 3 is 3.00 bits per heavy atom. The lowest BCUT2D eigenvalue weighted by atomic mass is 10.1. The Labute approximate surface area is 142 Å². The zero-order valence-electron chi connectivity index (χ0n) is 13.3. The number of aromatic nitrogens is 2. The van der Waals surface area contributed by atoms with Crippen molar-refractivity contribution in [2.75, 3.05) is 13.2 Å². The number of alkyl carbamates (subject to hydrolysis) is 1. The summed E-state index contributed by atoms with van der Waals surface area (Å²) in [6, 6.07) is 13.0. The van der Waals surface area contributed by atoms with Crippen LogP contribution in [-0.4, -0.2) is 35.6 Å². The fourth-order valence-electron chi connectivity index (χ4n) is 2.75. The van der Waals surface area contributed by atoms with Gasteiger partial charge in [-0.1, -0.05) is 18.2 Å². The number of aromatic amines is 1. The highest BCUT2D eigenvalue weighted by atomic mass is 19.1. The Balaban J connectivity index is 1.78. The van der Waals surface area contributed by atoms with E-state index in [1.165, 1.54) is 0 Å². The van der Waals surface area contributed by atoms with Gasteiger partial charge in [-0.05, 0) is 29.8 Å². The third-order valence-corrected chi connectivity index (χ3v) is 4.00. The van der Waals surface area contributed by atoms with Crippen LogP contribution in [0.25, 0.3) is 22.2 Å². The van der Waals surface area contributed by atoms with Crippen LogP contribution in [-0.2, 0) is 11.3 Å². The van der Waals surface area contributed by atoms with Gasteiger partial charge in [-0.3, -0.25) is 5.10 Å². The number of benzene rings is 2. The minimum atomic E-state index is -1.33. The van der Waals surface area contributed by atoms with Crippen molar-refractivity contribution >= 4 is 17.0 Å². The lowest BCUT2D eigenvalue weighted by Crippen LogP contribution is -2.33. The van der Waals surface area contributed by atoms with Crippen molar-refractivity contribution in [3.8, 4) is 17.0 Å². The number of amides is 1. The van der Waals surface area contributed by atoms with E-state index in [1.54, 1.807) is 6.07 Å². The first-order valence-electron chi connectivity index (χ1n) is 7.94. The number of cyclic esters (lactones) is 1. The lowest BCUT2D eigenvalue weighted by Gasteiger charge is -2.12. The fraction of sp³-hybridized carbons (Fsp3) is 0.222. The van der Waals surface area contributed by atoms with Crippen molar-refractivity contribution < 1.29 is 18.7 Å². The summed E-state index contributed by atoms with van der Waals surface area (Å²) < 4.78 is 24.5. The number of nitrogens with zero attached hydrogens (tertiary/aromatic N) is 1. The molecule has 1 amide bonds. The van der Waals surface area contributed by atoms with E-state index in [2.05, 4.69) is 15.5 Å². The van der Waals surface area contributed by atoms with Gasteiger partial charge in [0.2, 0.25) is 0 Å². The number of fused-ring (bicyclic) bond motifs is 4. The molecule has 0 spiro atoms. The van der Waals surface area contributed by atoms with E-state index in [0.29, 0.717) is 5.75 Å². The normalized spacial score (nSPS) is 18.0. The standard InChI is InChI=1S/C18H16FN3O3/c19-13-8-20-18(23)25-9-11-2-1-3-12(6-11)17-15-7-14(24-10-13)4-5-16(15)21-22-17/h1-7,13H,8-10H2,(H,20,23)(H,21,22)/t13-/m1/s1. The maximum absolute atomic E-state index is 13.9. The molecule has 0 aliphatic carbocycles. The van der Waals surface area contributed by atoms with Crippen molar-refractivity contribution in [3.05, 3.63) is 48.0 Å². The number of H-pyrrole nitrogens is 1. The molecule has 2 heterocycles. The second kappa shape index (κ2) is 6.43. The average molecular weight is 341 g/mol. The summed E-state index contributed by atoms with van der Waals surface area (Å²) >= 11 is 0. The largest absolute Gasteiger partial charge is 0.490 e. The number of hydrogen-bond donors (Lipinski definition) is 2. The van der Waals surface area contributed by atoms with Crippen molar-refractivity contribution in [1.29, 1.82) is 0 Å². The van der Waals surface area contributed by atoms with Crippen LogP contribution in [0.5, 0.6) is 5.75 Å². The van der Waals surface area contributed by atoms with Crippen LogP contribution in [0.1, 0.15) is 5.56 Å². The van der Waals surface area contributed by atoms with E-state index in [4.69, 9.17) is 9.47 Å². The van der Waals surface area contributed by atoms with E-state index in [-0.39, 0.29) is 19.8 Å². The van der Waals surface area contributed by atoms with Crippen molar-refractivity contribution in [2.24, 2.45) is 0 Å². The van der Waals surface area contributed by atoms with Crippen LogP contribution in [0, 0.1) is 0 Å². The summed E-state index contributed by atoms with van der Waals surface area (Å²) in [4.78, 5) is 11.7. The van der Waals surface area contributed by atoms with E-state index in [9.17, 15) is 9.18 Å². The molecule has 1 aromatic heterocycles. The number of carbonyl (C=O) groups is 1. The van der Waals surface area contributed by atoms with Crippen LogP contribution in [0.15, 0.2) is 42.5 Å². The van der Waals surface area contributed by atoms with Gasteiger partial charge in [0.1, 0.15) is 24.7 Å². The Morgan fingerprint density at radius 2 is 2.08 bits per heavy atom. The first-order chi connectivity index (χ1) is 12.2. The first kappa shape index (κ1) is 15.4. The summed E-state index contributed by atoms with van der Waals surface area (Å²) in [6.45, 7) is -0.231. The smallest absolute Gasteiger partial charge is 0.407 e. The van der Waals surface area contributed by atoms with Gasteiger partial charge in [-0.2, -0.15) is 5.10 Å². The maximum atomic E-state index is 13.9. The number of carbonyl (C=O) groups excluding carboxylic acids is 1. The lowest BCUT2D eigenvalue weighted by molar-refractivity contribution is 0.131. The maximum Gasteiger partial charge on any atom is 0.407 e. The molecular weight excluding hydrogens is 325 g/mol. The predicted octanol–water partition coefficient (Wildman–Crippen LogP) is 3.19. The number of halogens is 1. The zero-order chi connectivity index (χ0) is 17.2. The predicted molar refractivity (Wildman–Crippen MR) is 90.1 cm³/mol. The van der Waals surface area contributed by atoms with Gasteiger partial charge in [-0.15, -0.1) is 0 Å². The van der Waals surface area contributed by atoms with Gasteiger partial charge >= 0.3 is 6.09 Å². The number of rotatable bonds is 0. The summed E-state index contributed by atoms with van der Waals surface area (Å²) in [7, 11) is 0. The molecule has 25 heavy (non-hydrogen) atoms. The van der Waals surface area contributed by atoms with E-state index in [0.717, 1.165) is 27.7 Å². The minimum absolute atomic E-state index is 0.0979. The SMILES string of the molecule is O=C1NC[C@@H](F)COc2ccc3[nH]nc(c3c2)-c2cccc(c2)CO1. The van der Waals surface area contributed by atoms with Crippen molar-refractivity contribution in [2.45, 2.75) is 12.8 Å². The van der Waals surface area contributed by atoms with Crippen LogP contribution in [0.3, 0.4) is 0 Å². The molecule has 1 atom stereocenters. The van der Waals surface area contributed by atoms with Crippen LogP contribution >= 0.6 is 0 Å². The molecule has 7 heteroatoms. The second-order valence-electron chi connectivity index (χ2n) is 5.85. The molecule has 0 saturated carbocycles. The molecule has 4 rings (SSSR count). The fourth-order valence-corrected chi connectivity index (χ4v) is 2.75. The number of ether oxygens (including phenoxy) is 2. The zero-order valence-corrected chi connectivity index (χ0v) is 13.3. The van der Waals surface area contributed by atoms with Gasteiger partial charge < -0.3 is 14.8 Å². The molecular formula is C18H16FN3O3. The molecule has 4 bridgehead atoms. The third-order valence-electron chi connectivity index (χ3n) is 4.00. The van der Waals surface area contributed by atoms with Crippen LogP contribution < -0.4 is 10.1 Å². The Morgan fingerprint density at radius 1 is 1.16 bits per heavy atom. The van der Waals surface area contributed by atoms with Crippen LogP contribution in [0.2, 0.25) is 0 Å². The Bertz CT molecular complexity index is 925. The third kappa shape index (κ3) is 3.26. The van der Waals surface area contributed by atoms with Crippen molar-refractivity contribution in [1.82, 2.24) is 15.5 Å². The highest BCUT2D eigenvalue weighted by Gasteiger charge is 2.14. The van der Waals surface area contributed by atoms with E-state index in [1.807, 2.05) is 36.4 Å². The monoisotopic (exact) mass is 341 g/mol. The van der Waals surface area contributed by atoms with Gasteiger partial charge in [0.05, 0.1) is 12.1 Å². The molecule has 128 valence electrons. The van der Waals surface area contributed by atoms with E-state index >= 15 is 0 Å². The highest BCUT2D eigenvalue weighted by molar-refractivity contribution is 5.93. The quantitative estimate of drug-likeness (QED) is 0.658. The molecule has 0 saturated heterocycles. The molecule has 0 unspecified atom stereocenters. The van der Waals surface area contributed by atoms with E-state index < -0.39 is 12.3 Å². The molecule has 2 N–H and O–H groups in total. The molecule has 1 aliphatic heterocycles. The summed E-state index contributed by atoms with van der Waals surface area (Å²) in [5.74, 6) is 0.548. The first-order valence-corrected chi connectivity index (χ1v) is 7.94. The number of alkyl halides is 1. The molecule has 0 radical (unpaired) electrons. The van der Waals surface area contributed by atoms with Gasteiger partial charge in [0.25, 0.3) is 0 Å². The summed E-state index contributed by atoms with van der Waals surface area (Å²) in [5.41, 5.74) is 3.34. The highest BCUT2D eigenvalue weighted by Crippen LogP contribution is 2.30. The summed E-state index contributed by atoms with van der Waals surface area (Å²) in [5, 5.41) is 10.6. The van der Waals surface area contributed by atoms with Gasteiger partial charge in [0, 0.05) is 10.9 Å². The van der Waals surface area contributed by atoms with Gasteiger partial charge in [0.15, 0.2) is 6.17 Å². The minimum Gasteiger partial charge on any atom is -0.490 e. The Kier molecular flexibility index (Phi) is 3.97. The topological polar surface area (TPSA) is 76.2 Å². The number of hydrogen-bond acceptors (Lipinski definition) is 4. The molecule has 6 nitrogen and oxygen atoms in total. The summed E-state index contributed by atoms with van der Waals surface area (Å²) in [6.07, 6.45) is -2.00. The van der Waals surface area contributed by atoms with Crippen molar-refractivity contribution in [3.63, 3.8) is 0 Å². The van der Waals surface area contributed by atoms with Crippen LogP contribution in [0.4, 0.5) is 9.18 Å². The molecule has 2 aromatic carbocycles. The molecule has 0 fully saturated rings. The molecule has 3 aromatic rings. The molecule has 1 aliphatic rings. The second-order valence-corrected chi connectivity index (χ2v) is 5.85.